The average molecular weight is 419 g/mol. The van der Waals surface area contributed by atoms with Crippen molar-refractivity contribution in [3.63, 3.8) is 0 Å². The van der Waals surface area contributed by atoms with E-state index in [0.717, 1.165) is 12.6 Å². The maximum Gasteiger partial charge on any atom is 0.478 e. The lowest BCUT2D eigenvalue weighted by Crippen LogP contribution is -2.44. The first-order chi connectivity index (χ1) is 13.2. The number of Topliss-reactive ketones (excluding diaryl/α,β-unsaturated/α-hetero) is 1. The van der Waals surface area contributed by atoms with Gasteiger partial charge in [-0.15, -0.1) is 0 Å². The maximum absolute atomic E-state index is 12.6. The number of ether oxygens (including phenoxy) is 2. The van der Waals surface area contributed by atoms with Gasteiger partial charge in [0.05, 0.1) is 19.9 Å². The number of ketones is 1. The number of esters is 2. The summed E-state index contributed by atoms with van der Waals surface area (Å²) in [6.07, 6.45) is 1.49. The van der Waals surface area contributed by atoms with Gasteiger partial charge in [0.25, 0.3) is 0 Å². The Morgan fingerprint density at radius 1 is 1.32 bits per heavy atom. The molecular weight excluding hydrogens is 397 g/mol. The van der Waals surface area contributed by atoms with Crippen LogP contribution in [0.1, 0.15) is 43.7 Å². The number of carbonyl (C=O) groups is 3. The summed E-state index contributed by atoms with van der Waals surface area (Å²) < 4.78 is 42.1. The van der Waals surface area contributed by atoms with Gasteiger partial charge in [0.1, 0.15) is 6.10 Å². The fourth-order valence-corrected chi connectivity index (χ4v) is 3.89. The number of aromatic nitrogens is 1. The summed E-state index contributed by atoms with van der Waals surface area (Å²) in [6.45, 7) is 2.61. The van der Waals surface area contributed by atoms with Crippen molar-refractivity contribution in [3.8, 4) is 0 Å². The molecule has 0 bridgehead atoms. The molecule has 0 N–H and O–H groups in total. The summed E-state index contributed by atoms with van der Waals surface area (Å²) in [6, 6.07) is 0. The first-order valence-corrected chi connectivity index (χ1v) is 9.85. The van der Waals surface area contributed by atoms with E-state index in [1.54, 1.807) is 13.8 Å². The van der Waals surface area contributed by atoms with Gasteiger partial charge < -0.3 is 13.9 Å². The first kappa shape index (κ1) is 22.2. The van der Waals surface area contributed by atoms with E-state index < -0.39 is 38.1 Å². The molecule has 1 aromatic heterocycles. The summed E-state index contributed by atoms with van der Waals surface area (Å²) in [5.41, 5.74) is -0.768. The van der Waals surface area contributed by atoms with E-state index in [1.807, 2.05) is 0 Å². The van der Waals surface area contributed by atoms with E-state index in [-0.39, 0.29) is 37.4 Å². The Labute approximate surface area is 161 Å². The van der Waals surface area contributed by atoms with Crippen LogP contribution in [-0.4, -0.2) is 49.3 Å². The van der Waals surface area contributed by atoms with Crippen LogP contribution < -0.4 is 0 Å². The second-order valence-corrected chi connectivity index (χ2v) is 8.26. The standard InChI is InChI=1S/C16H22NO10P/c1-16(2)8-25-28(21,26-10-24-15(20)12-7-17-9-23-12)27-14(16)11(18)5-4-6-13(19)22-3/h7,9,14H,4-6,8,10H2,1-3H3/t14-,28+/m0/s1. The Bertz CT molecular complexity index is 745. The lowest BCUT2D eigenvalue weighted by Gasteiger charge is -2.39. The average Bonchev–Trinajstić information content (AvgIpc) is 3.18. The second-order valence-electron chi connectivity index (χ2n) is 6.64. The zero-order valence-electron chi connectivity index (χ0n) is 15.7. The van der Waals surface area contributed by atoms with Gasteiger partial charge in [0.2, 0.25) is 12.6 Å². The third-order valence-corrected chi connectivity index (χ3v) is 5.23. The van der Waals surface area contributed by atoms with E-state index >= 15 is 0 Å². The third kappa shape index (κ3) is 5.96. The van der Waals surface area contributed by atoms with Crippen LogP contribution in [0.15, 0.2) is 17.0 Å². The molecule has 1 saturated heterocycles. The number of rotatable bonds is 9. The van der Waals surface area contributed by atoms with Crippen molar-refractivity contribution < 1.29 is 46.4 Å². The fourth-order valence-electron chi connectivity index (χ4n) is 2.36. The summed E-state index contributed by atoms with van der Waals surface area (Å²) in [5, 5.41) is 0. The van der Waals surface area contributed by atoms with E-state index in [9.17, 15) is 18.9 Å². The van der Waals surface area contributed by atoms with Crippen molar-refractivity contribution in [2.75, 3.05) is 20.5 Å². The minimum atomic E-state index is -4.13. The number of hydrogen-bond acceptors (Lipinski definition) is 11. The van der Waals surface area contributed by atoms with Crippen LogP contribution in [-0.2, 0) is 37.2 Å². The Morgan fingerprint density at radius 2 is 2.07 bits per heavy atom. The molecule has 0 amide bonds. The molecule has 2 atom stereocenters. The zero-order chi connectivity index (χ0) is 20.8. The summed E-state index contributed by atoms with van der Waals surface area (Å²) >= 11 is 0. The number of oxazole rings is 1. The highest BCUT2D eigenvalue weighted by Gasteiger charge is 2.48. The van der Waals surface area contributed by atoms with Crippen LogP contribution >= 0.6 is 7.82 Å². The van der Waals surface area contributed by atoms with Gasteiger partial charge in [0.15, 0.2) is 12.2 Å². The predicted octanol–water partition coefficient (Wildman–Crippen LogP) is 2.27. The van der Waals surface area contributed by atoms with Crippen molar-refractivity contribution >= 4 is 25.5 Å². The van der Waals surface area contributed by atoms with Gasteiger partial charge in [0, 0.05) is 18.3 Å². The highest BCUT2D eigenvalue weighted by molar-refractivity contribution is 7.48. The molecule has 28 heavy (non-hydrogen) atoms. The SMILES string of the molecule is COC(=O)CCCC(=O)[C@@H]1O[P@@](=O)(OCOC(=O)c2cnco2)OCC1(C)C. The molecule has 0 unspecified atom stereocenters. The van der Waals surface area contributed by atoms with E-state index in [2.05, 4.69) is 9.72 Å². The fraction of sp³-hybridized carbons (Fsp3) is 0.625. The molecule has 0 saturated carbocycles. The number of carbonyl (C=O) groups excluding carboxylic acids is 3. The minimum absolute atomic E-state index is 0.0314. The van der Waals surface area contributed by atoms with Crippen molar-refractivity contribution in [2.24, 2.45) is 5.41 Å². The Balaban J connectivity index is 1.89. The lowest BCUT2D eigenvalue weighted by molar-refractivity contribution is -0.142. The lowest BCUT2D eigenvalue weighted by atomic mass is 9.84. The molecule has 1 aliphatic rings. The van der Waals surface area contributed by atoms with Crippen molar-refractivity contribution in [1.82, 2.24) is 4.98 Å². The molecule has 0 aliphatic carbocycles. The second kappa shape index (κ2) is 9.42. The van der Waals surface area contributed by atoms with Gasteiger partial charge >= 0.3 is 19.8 Å². The Morgan fingerprint density at radius 3 is 2.71 bits per heavy atom. The summed E-state index contributed by atoms with van der Waals surface area (Å²) in [5.74, 6) is -1.81. The van der Waals surface area contributed by atoms with Gasteiger partial charge in [-0.1, -0.05) is 13.8 Å². The molecule has 2 heterocycles. The normalized spacial score (nSPS) is 23.8. The molecule has 1 aliphatic heterocycles. The predicted molar refractivity (Wildman–Crippen MR) is 91.0 cm³/mol. The highest BCUT2D eigenvalue weighted by atomic mass is 31.2. The smallest absolute Gasteiger partial charge is 0.469 e. The van der Waals surface area contributed by atoms with Crippen molar-refractivity contribution in [2.45, 2.75) is 39.2 Å². The van der Waals surface area contributed by atoms with Crippen LogP contribution in [0, 0.1) is 5.41 Å². The van der Waals surface area contributed by atoms with E-state index in [4.69, 9.17) is 22.7 Å². The summed E-state index contributed by atoms with van der Waals surface area (Å²) in [4.78, 5) is 38.8. The van der Waals surface area contributed by atoms with Crippen LogP contribution in [0.3, 0.4) is 0 Å². The minimum Gasteiger partial charge on any atom is -0.469 e. The Hall–Kier alpha value is -2.07. The quantitative estimate of drug-likeness (QED) is 0.330. The molecular formula is C16H22NO10P. The summed E-state index contributed by atoms with van der Waals surface area (Å²) in [7, 11) is -2.87. The largest absolute Gasteiger partial charge is 0.478 e. The molecule has 11 nitrogen and oxygen atoms in total. The number of phosphoric ester groups is 1. The van der Waals surface area contributed by atoms with Crippen molar-refractivity contribution in [3.05, 3.63) is 18.4 Å². The monoisotopic (exact) mass is 419 g/mol. The van der Waals surface area contributed by atoms with Gasteiger partial charge in [-0.2, -0.15) is 0 Å². The molecule has 1 fully saturated rings. The number of nitrogens with zero attached hydrogens (tertiary/aromatic N) is 1. The molecule has 0 radical (unpaired) electrons. The molecule has 2 rings (SSSR count). The molecule has 12 heteroatoms. The maximum atomic E-state index is 12.6. The van der Waals surface area contributed by atoms with Crippen LogP contribution in [0.5, 0.6) is 0 Å². The Kier molecular flexibility index (Phi) is 7.48. The van der Waals surface area contributed by atoms with Gasteiger partial charge in [-0.3, -0.25) is 18.6 Å². The zero-order valence-corrected chi connectivity index (χ0v) is 16.6. The van der Waals surface area contributed by atoms with Gasteiger partial charge in [-0.05, 0) is 6.42 Å². The van der Waals surface area contributed by atoms with E-state index in [0.29, 0.717) is 0 Å². The molecule has 0 spiro atoms. The molecule has 1 aromatic rings. The molecule has 0 aromatic carbocycles. The van der Waals surface area contributed by atoms with Gasteiger partial charge in [-0.25, -0.2) is 18.9 Å². The van der Waals surface area contributed by atoms with Crippen LogP contribution in [0.25, 0.3) is 0 Å². The first-order valence-electron chi connectivity index (χ1n) is 8.39. The number of hydrogen-bond donors (Lipinski definition) is 0. The van der Waals surface area contributed by atoms with Crippen molar-refractivity contribution in [1.29, 1.82) is 0 Å². The number of phosphoric acid groups is 1. The third-order valence-electron chi connectivity index (χ3n) is 3.90. The number of methoxy groups -OCH3 is 1. The highest BCUT2D eigenvalue weighted by Crippen LogP contribution is 2.57. The van der Waals surface area contributed by atoms with Crippen LogP contribution in [0.4, 0.5) is 0 Å². The van der Waals surface area contributed by atoms with Crippen LogP contribution in [0.2, 0.25) is 0 Å². The molecule has 156 valence electrons. The van der Waals surface area contributed by atoms with E-state index in [1.165, 1.54) is 7.11 Å². The topological polar surface area (TPSA) is 140 Å².